The van der Waals surface area contributed by atoms with E-state index in [1.807, 2.05) is 38.3 Å². The minimum Gasteiger partial charge on any atom is -0.249 e. The molecule has 0 bridgehead atoms. The number of nitrogens with zero attached hydrogens (tertiary/aromatic N) is 1. The van der Waals surface area contributed by atoms with Crippen LogP contribution in [0, 0.1) is 0 Å². The fourth-order valence-corrected chi connectivity index (χ4v) is 1.28. The molecule has 2 heteroatoms. The van der Waals surface area contributed by atoms with Gasteiger partial charge in [0.25, 0.3) is 0 Å². The monoisotopic (exact) mass is 181 g/mol. The van der Waals surface area contributed by atoms with Gasteiger partial charge in [-0.25, -0.2) is 4.98 Å². The standard InChI is InChI=1S/C8H9NS.C2H6/c1-3-7-5-4-6-9-8(7)10-2;1-2/h3-6H,1H2,2H3;1-2H3. The van der Waals surface area contributed by atoms with Gasteiger partial charge in [-0.1, -0.05) is 32.6 Å². The Bertz CT molecular complexity index is 233. The van der Waals surface area contributed by atoms with E-state index in [0.717, 1.165) is 10.6 Å². The van der Waals surface area contributed by atoms with E-state index in [-0.39, 0.29) is 0 Å². The Morgan fingerprint density at radius 1 is 1.50 bits per heavy atom. The van der Waals surface area contributed by atoms with Crippen molar-refractivity contribution >= 4 is 17.8 Å². The van der Waals surface area contributed by atoms with Crippen molar-refractivity contribution in [3.63, 3.8) is 0 Å². The zero-order valence-electron chi connectivity index (χ0n) is 7.87. The molecule has 1 heterocycles. The first-order valence-electron chi connectivity index (χ1n) is 4.00. The van der Waals surface area contributed by atoms with Gasteiger partial charge in [-0.2, -0.15) is 0 Å². The highest BCUT2D eigenvalue weighted by atomic mass is 32.2. The molecule has 0 aromatic carbocycles. The molecular formula is C10H15NS. The lowest BCUT2D eigenvalue weighted by atomic mass is 10.3. The van der Waals surface area contributed by atoms with E-state index in [4.69, 9.17) is 0 Å². The lowest BCUT2D eigenvalue weighted by molar-refractivity contribution is 1.12. The van der Waals surface area contributed by atoms with Gasteiger partial charge in [0, 0.05) is 11.8 Å². The highest BCUT2D eigenvalue weighted by molar-refractivity contribution is 7.98. The van der Waals surface area contributed by atoms with Crippen LogP contribution < -0.4 is 0 Å². The predicted octanol–water partition coefficient (Wildman–Crippen LogP) is 3.47. The van der Waals surface area contributed by atoms with E-state index in [1.54, 1.807) is 18.0 Å². The zero-order valence-corrected chi connectivity index (χ0v) is 8.69. The summed E-state index contributed by atoms with van der Waals surface area (Å²) in [5, 5.41) is 1.04. The van der Waals surface area contributed by atoms with Gasteiger partial charge in [0.2, 0.25) is 0 Å². The maximum absolute atomic E-state index is 4.16. The Morgan fingerprint density at radius 3 is 2.58 bits per heavy atom. The molecule has 12 heavy (non-hydrogen) atoms. The summed E-state index contributed by atoms with van der Waals surface area (Å²) in [6.45, 7) is 7.69. The third-order valence-corrected chi connectivity index (χ3v) is 1.94. The van der Waals surface area contributed by atoms with Crippen molar-refractivity contribution in [3.05, 3.63) is 30.5 Å². The quantitative estimate of drug-likeness (QED) is 0.648. The van der Waals surface area contributed by atoms with E-state index < -0.39 is 0 Å². The molecule has 0 radical (unpaired) electrons. The summed E-state index contributed by atoms with van der Waals surface area (Å²) in [5.41, 5.74) is 1.11. The molecule has 0 aliphatic rings. The maximum Gasteiger partial charge on any atom is 0.103 e. The van der Waals surface area contributed by atoms with E-state index >= 15 is 0 Å². The van der Waals surface area contributed by atoms with E-state index in [1.165, 1.54) is 0 Å². The van der Waals surface area contributed by atoms with Gasteiger partial charge in [-0.05, 0) is 12.3 Å². The van der Waals surface area contributed by atoms with Crippen molar-refractivity contribution in [1.29, 1.82) is 0 Å². The van der Waals surface area contributed by atoms with Crippen molar-refractivity contribution in [2.75, 3.05) is 6.26 Å². The first-order chi connectivity index (χ1) is 5.88. The molecule has 0 unspecified atom stereocenters. The van der Waals surface area contributed by atoms with Crippen LogP contribution in [0.15, 0.2) is 29.9 Å². The van der Waals surface area contributed by atoms with Crippen molar-refractivity contribution in [3.8, 4) is 0 Å². The molecule has 0 atom stereocenters. The summed E-state index contributed by atoms with van der Waals surface area (Å²) in [4.78, 5) is 4.16. The minimum atomic E-state index is 1.04. The van der Waals surface area contributed by atoms with Crippen molar-refractivity contribution in [2.24, 2.45) is 0 Å². The van der Waals surface area contributed by atoms with E-state index in [2.05, 4.69) is 11.6 Å². The number of rotatable bonds is 2. The van der Waals surface area contributed by atoms with E-state index in [0.29, 0.717) is 0 Å². The topological polar surface area (TPSA) is 12.9 Å². The Hall–Kier alpha value is -0.760. The Morgan fingerprint density at radius 2 is 2.17 bits per heavy atom. The third kappa shape index (κ3) is 3.09. The van der Waals surface area contributed by atoms with Gasteiger partial charge in [-0.3, -0.25) is 0 Å². The molecule has 1 aromatic heterocycles. The normalized spacial score (nSPS) is 8.25. The molecular weight excluding hydrogens is 166 g/mol. The SMILES string of the molecule is C=Cc1cccnc1SC.CC. The van der Waals surface area contributed by atoms with Crippen LogP contribution in [-0.4, -0.2) is 11.2 Å². The lowest BCUT2D eigenvalue weighted by Crippen LogP contribution is -1.81. The lowest BCUT2D eigenvalue weighted by Gasteiger charge is -1.97. The van der Waals surface area contributed by atoms with Crippen molar-refractivity contribution in [2.45, 2.75) is 18.9 Å². The second kappa shape index (κ2) is 6.92. The van der Waals surface area contributed by atoms with Crippen LogP contribution in [0.4, 0.5) is 0 Å². The molecule has 1 rings (SSSR count). The molecule has 0 N–H and O–H groups in total. The second-order valence-electron chi connectivity index (χ2n) is 1.81. The molecule has 0 amide bonds. The molecule has 0 fully saturated rings. The first-order valence-corrected chi connectivity index (χ1v) is 5.22. The van der Waals surface area contributed by atoms with Gasteiger partial charge >= 0.3 is 0 Å². The van der Waals surface area contributed by atoms with Crippen LogP contribution in [-0.2, 0) is 0 Å². The average molecular weight is 181 g/mol. The summed E-state index contributed by atoms with van der Waals surface area (Å²) in [6, 6.07) is 3.92. The second-order valence-corrected chi connectivity index (χ2v) is 2.60. The number of aromatic nitrogens is 1. The summed E-state index contributed by atoms with van der Waals surface area (Å²) in [7, 11) is 0. The number of thioether (sulfide) groups is 1. The average Bonchev–Trinajstić information content (AvgIpc) is 2.20. The number of pyridine rings is 1. The molecule has 0 aliphatic carbocycles. The predicted molar refractivity (Wildman–Crippen MR) is 57.5 cm³/mol. The molecule has 0 saturated heterocycles. The number of hydrogen-bond donors (Lipinski definition) is 0. The molecule has 0 aliphatic heterocycles. The van der Waals surface area contributed by atoms with E-state index in [9.17, 15) is 0 Å². The minimum absolute atomic E-state index is 1.04. The summed E-state index contributed by atoms with van der Waals surface area (Å²) >= 11 is 1.64. The fourth-order valence-electron chi connectivity index (χ4n) is 0.729. The van der Waals surface area contributed by atoms with Crippen molar-refractivity contribution < 1.29 is 0 Å². The highest BCUT2D eigenvalue weighted by Gasteiger charge is 1.94. The molecule has 0 saturated carbocycles. The molecule has 0 spiro atoms. The zero-order chi connectivity index (χ0) is 9.40. The maximum atomic E-state index is 4.16. The van der Waals surface area contributed by atoms with Gasteiger partial charge in [0.1, 0.15) is 5.03 Å². The fraction of sp³-hybridized carbons (Fsp3) is 0.300. The van der Waals surface area contributed by atoms with Gasteiger partial charge in [0.05, 0.1) is 0 Å². The van der Waals surface area contributed by atoms with Crippen LogP contribution in [0.5, 0.6) is 0 Å². The number of hydrogen-bond acceptors (Lipinski definition) is 2. The molecule has 66 valence electrons. The Labute approximate surface area is 78.9 Å². The van der Waals surface area contributed by atoms with Crippen LogP contribution in [0.2, 0.25) is 0 Å². The highest BCUT2D eigenvalue weighted by Crippen LogP contribution is 2.16. The van der Waals surface area contributed by atoms with Gasteiger partial charge in [-0.15, -0.1) is 11.8 Å². The largest absolute Gasteiger partial charge is 0.249 e. The molecule has 1 nitrogen and oxygen atoms in total. The van der Waals surface area contributed by atoms with Gasteiger partial charge in [0.15, 0.2) is 0 Å². The molecule has 1 aromatic rings. The summed E-state index contributed by atoms with van der Waals surface area (Å²) in [5.74, 6) is 0. The van der Waals surface area contributed by atoms with Crippen LogP contribution in [0.25, 0.3) is 6.08 Å². The van der Waals surface area contributed by atoms with Gasteiger partial charge < -0.3 is 0 Å². The van der Waals surface area contributed by atoms with Crippen molar-refractivity contribution in [1.82, 2.24) is 4.98 Å². The van der Waals surface area contributed by atoms with Crippen LogP contribution >= 0.6 is 11.8 Å². The first kappa shape index (κ1) is 11.2. The Kier molecular flexibility index (Phi) is 6.48. The summed E-state index contributed by atoms with van der Waals surface area (Å²) in [6.07, 6.45) is 5.62. The third-order valence-electron chi connectivity index (χ3n) is 1.21. The summed E-state index contributed by atoms with van der Waals surface area (Å²) < 4.78 is 0. The van der Waals surface area contributed by atoms with Crippen LogP contribution in [0.3, 0.4) is 0 Å². The Balaban J connectivity index is 0.000000561. The smallest absolute Gasteiger partial charge is 0.103 e. The van der Waals surface area contributed by atoms with Crippen LogP contribution in [0.1, 0.15) is 19.4 Å².